The van der Waals surface area contributed by atoms with E-state index in [1.807, 2.05) is 12.1 Å². The smallest absolute Gasteiger partial charge is 0.223 e. The summed E-state index contributed by atoms with van der Waals surface area (Å²) in [4.78, 5) is 14.2. The highest BCUT2D eigenvalue weighted by Gasteiger charge is 2.35. The summed E-state index contributed by atoms with van der Waals surface area (Å²) in [7, 11) is 0. The molecular formula is C15H22N2O3. The number of piperidine rings is 1. The van der Waals surface area contributed by atoms with Crippen molar-refractivity contribution < 1.29 is 14.3 Å². The molecule has 2 N–H and O–H groups in total. The van der Waals surface area contributed by atoms with Crippen LogP contribution in [0, 0.1) is 11.8 Å². The molecule has 0 aromatic carbocycles. The number of carbonyl (C=O) groups is 1. The van der Waals surface area contributed by atoms with Gasteiger partial charge in [-0.05, 0) is 37.9 Å². The second-order valence-corrected chi connectivity index (χ2v) is 5.94. The lowest BCUT2D eigenvalue weighted by Gasteiger charge is -2.37. The predicted octanol–water partition coefficient (Wildman–Crippen LogP) is 0.989. The Morgan fingerprint density at radius 1 is 1.45 bits per heavy atom. The van der Waals surface area contributed by atoms with E-state index in [1.54, 1.807) is 6.26 Å². The van der Waals surface area contributed by atoms with Crippen LogP contribution in [0.5, 0.6) is 0 Å². The maximum absolute atomic E-state index is 11.9. The van der Waals surface area contributed by atoms with Gasteiger partial charge < -0.3 is 14.8 Å². The van der Waals surface area contributed by atoms with Crippen LogP contribution in [-0.4, -0.2) is 41.7 Å². The van der Waals surface area contributed by atoms with E-state index in [2.05, 4.69) is 10.2 Å². The molecule has 1 saturated carbocycles. The molecule has 2 aliphatic rings. The van der Waals surface area contributed by atoms with Gasteiger partial charge in [-0.3, -0.25) is 9.69 Å². The molecule has 5 heteroatoms. The van der Waals surface area contributed by atoms with Crippen LogP contribution in [0.2, 0.25) is 0 Å². The van der Waals surface area contributed by atoms with Crippen LogP contribution in [0.25, 0.3) is 0 Å². The minimum atomic E-state index is 0.0526. The van der Waals surface area contributed by atoms with Crippen molar-refractivity contribution in [3.05, 3.63) is 24.2 Å². The maximum atomic E-state index is 11.9. The number of rotatable bonds is 5. The Labute approximate surface area is 118 Å². The molecule has 0 radical (unpaired) electrons. The number of hydrogen-bond donors (Lipinski definition) is 2. The lowest BCUT2D eigenvalue weighted by Crippen LogP contribution is -2.53. The van der Waals surface area contributed by atoms with Crippen molar-refractivity contribution in [3.8, 4) is 0 Å². The first kappa shape index (κ1) is 13.6. The minimum Gasteiger partial charge on any atom is -0.468 e. The van der Waals surface area contributed by atoms with Gasteiger partial charge >= 0.3 is 0 Å². The first-order valence-corrected chi connectivity index (χ1v) is 7.42. The number of aliphatic hydroxyl groups excluding tert-OH is 1. The summed E-state index contributed by atoms with van der Waals surface area (Å²) in [6.45, 7) is 2.62. The topological polar surface area (TPSA) is 65.7 Å². The SMILES string of the molecule is O=C(N[C@@H]1CN(Cc2ccco2)CC[C@@H]1CO)C1CC1. The number of furan rings is 1. The third-order valence-electron chi connectivity index (χ3n) is 4.31. The number of likely N-dealkylation sites (tertiary alicyclic amines) is 1. The summed E-state index contributed by atoms with van der Waals surface area (Å²) < 4.78 is 5.38. The van der Waals surface area contributed by atoms with Gasteiger partial charge in [-0.15, -0.1) is 0 Å². The van der Waals surface area contributed by atoms with Crippen molar-refractivity contribution in [2.75, 3.05) is 19.7 Å². The fourth-order valence-corrected chi connectivity index (χ4v) is 2.86. The van der Waals surface area contributed by atoms with Crippen LogP contribution < -0.4 is 5.32 Å². The predicted molar refractivity (Wildman–Crippen MR) is 73.8 cm³/mol. The number of nitrogens with zero attached hydrogens (tertiary/aromatic N) is 1. The molecule has 0 unspecified atom stereocenters. The fourth-order valence-electron chi connectivity index (χ4n) is 2.86. The third kappa shape index (κ3) is 3.22. The molecular weight excluding hydrogens is 256 g/mol. The minimum absolute atomic E-state index is 0.0526. The van der Waals surface area contributed by atoms with Gasteiger partial charge in [0.15, 0.2) is 0 Å². The zero-order chi connectivity index (χ0) is 13.9. The van der Waals surface area contributed by atoms with E-state index in [-0.39, 0.29) is 30.4 Å². The Kier molecular flexibility index (Phi) is 4.08. The molecule has 1 aliphatic carbocycles. The monoisotopic (exact) mass is 278 g/mol. The van der Waals surface area contributed by atoms with Gasteiger partial charge in [0.25, 0.3) is 0 Å². The van der Waals surface area contributed by atoms with Gasteiger partial charge in [0.05, 0.1) is 12.8 Å². The molecule has 0 bridgehead atoms. The Hall–Kier alpha value is -1.33. The lowest BCUT2D eigenvalue weighted by atomic mass is 9.92. The third-order valence-corrected chi connectivity index (χ3v) is 4.31. The summed E-state index contributed by atoms with van der Waals surface area (Å²) in [5, 5.41) is 12.6. The molecule has 110 valence electrons. The summed E-state index contributed by atoms with van der Waals surface area (Å²) in [6, 6.07) is 3.91. The average molecular weight is 278 g/mol. The highest BCUT2D eigenvalue weighted by molar-refractivity contribution is 5.81. The largest absolute Gasteiger partial charge is 0.468 e. The van der Waals surface area contributed by atoms with Crippen molar-refractivity contribution in [1.82, 2.24) is 10.2 Å². The van der Waals surface area contributed by atoms with E-state index in [0.717, 1.165) is 44.7 Å². The van der Waals surface area contributed by atoms with Crippen LogP contribution in [-0.2, 0) is 11.3 Å². The maximum Gasteiger partial charge on any atom is 0.223 e. The second kappa shape index (κ2) is 5.97. The van der Waals surface area contributed by atoms with Crippen LogP contribution in [0.1, 0.15) is 25.0 Å². The van der Waals surface area contributed by atoms with Crippen molar-refractivity contribution in [1.29, 1.82) is 0 Å². The van der Waals surface area contributed by atoms with Gasteiger partial charge in [0.2, 0.25) is 5.91 Å². The molecule has 1 aromatic heterocycles. The first-order chi connectivity index (χ1) is 9.76. The van der Waals surface area contributed by atoms with E-state index >= 15 is 0 Å². The van der Waals surface area contributed by atoms with Crippen LogP contribution in [0.3, 0.4) is 0 Å². The highest BCUT2D eigenvalue weighted by Crippen LogP contribution is 2.29. The molecule has 1 aromatic rings. The fraction of sp³-hybridized carbons (Fsp3) is 0.667. The van der Waals surface area contributed by atoms with Crippen LogP contribution in [0.4, 0.5) is 0 Å². The normalized spacial score (nSPS) is 27.4. The summed E-state index contributed by atoms with van der Waals surface area (Å²) >= 11 is 0. The molecule has 2 atom stereocenters. The van der Waals surface area contributed by atoms with E-state index in [4.69, 9.17) is 4.42 Å². The Balaban J connectivity index is 1.58. The number of nitrogens with one attached hydrogen (secondary N) is 1. The van der Waals surface area contributed by atoms with E-state index in [1.165, 1.54) is 0 Å². The molecule has 5 nitrogen and oxygen atoms in total. The number of aliphatic hydroxyl groups is 1. The van der Waals surface area contributed by atoms with Crippen LogP contribution in [0.15, 0.2) is 22.8 Å². The zero-order valence-electron chi connectivity index (χ0n) is 11.6. The lowest BCUT2D eigenvalue weighted by molar-refractivity contribution is -0.124. The number of hydrogen-bond acceptors (Lipinski definition) is 4. The van der Waals surface area contributed by atoms with Gasteiger partial charge in [0, 0.05) is 31.0 Å². The average Bonchev–Trinajstić information content (AvgIpc) is 3.19. The highest BCUT2D eigenvalue weighted by atomic mass is 16.3. The molecule has 3 rings (SSSR count). The van der Waals surface area contributed by atoms with E-state index in [9.17, 15) is 9.90 Å². The van der Waals surface area contributed by atoms with Gasteiger partial charge in [-0.2, -0.15) is 0 Å². The quantitative estimate of drug-likeness (QED) is 0.843. The van der Waals surface area contributed by atoms with Crippen LogP contribution >= 0.6 is 0 Å². The standard InChI is InChI=1S/C15H22N2O3/c18-10-12-5-6-17(8-13-2-1-7-20-13)9-14(12)16-15(19)11-3-4-11/h1-2,7,11-12,14,18H,3-6,8-10H2,(H,16,19)/t12-,14-/m1/s1. The molecule has 2 fully saturated rings. The number of carbonyl (C=O) groups excluding carboxylic acids is 1. The Morgan fingerprint density at radius 2 is 2.30 bits per heavy atom. The summed E-state index contributed by atoms with van der Waals surface area (Å²) in [5.74, 6) is 1.49. The zero-order valence-corrected chi connectivity index (χ0v) is 11.6. The number of amides is 1. The van der Waals surface area contributed by atoms with Gasteiger partial charge in [-0.1, -0.05) is 0 Å². The molecule has 1 aliphatic heterocycles. The summed E-state index contributed by atoms with van der Waals surface area (Å²) in [6.07, 6.45) is 4.62. The van der Waals surface area contributed by atoms with E-state index < -0.39 is 0 Å². The van der Waals surface area contributed by atoms with Gasteiger partial charge in [-0.25, -0.2) is 0 Å². The Bertz CT molecular complexity index is 442. The molecule has 2 heterocycles. The van der Waals surface area contributed by atoms with Gasteiger partial charge in [0.1, 0.15) is 5.76 Å². The van der Waals surface area contributed by atoms with Crippen molar-refractivity contribution in [3.63, 3.8) is 0 Å². The molecule has 20 heavy (non-hydrogen) atoms. The first-order valence-electron chi connectivity index (χ1n) is 7.42. The Morgan fingerprint density at radius 3 is 2.95 bits per heavy atom. The molecule has 1 saturated heterocycles. The summed E-state index contributed by atoms with van der Waals surface area (Å²) in [5.41, 5.74) is 0. The van der Waals surface area contributed by atoms with Crippen molar-refractivity contribution in [2.45, 2.75) is 31.8 Å². The molecule has 0 spiro atoms. The second-order valence-electron chi connectivity index (χ2n) is 5.94. The van der Waals surface area contributed by atoms with Crippen molar-refractivity contribution in [2.24, 2.45) is 11.8 Å². The molecule has 1 amide bonds. The van der Waals surface area contributed by atoms with E-state index in [0.29, 0.717) is 0 Å². The van der Waals surface area contributed by atoms with Crippen molar-refractivity contribution >= 4 is 5.91 Å².